The maximum absolute atomic E-state index is 13.6. The van der Waals surface area contributed by atoms with E-state index in [1.807, 2.05) is 0 Å². The SMILES string of the molecule is COC(=O)CC(O)C(O)c1cc([N+](=O)[O-])c(N)cc1F. The Morgan fingerprint density at radius 3 is 2.65 bits per heavy atom. The summed E-state index contributed by atoms with van der Waals surface area (Å²) >= 11 is 0. The molecule has 0 aliphatic carbocycles. The second-order valence-corrected chi connectivity index (χ2v) is 3.98. The number of anilines is 1. The fraction of sp³-hybridized carbons (Fsp3) is 0.364. The molecular formula is C11H13FN2O6. The highest BCUT2D eigenvalue weighted by molar-refractivity contribution is 5.70. The zero-order valence-corrected chi connectivity index (χ0v) is 10.4. The van der Waals surface area contributed by atoms with Crippen LogP contribution in [0, 0.1) is 15.9 Å². The Kier molecular flexibility index (Phi) is 4.94. The van der Waals surface area contributed by atoms with Crippen molar-refractivity contribution in [3.05, 3.63) is 33.6 Å². The van der Waals surface area contributed by atoms with Crippen molar-refractivity contribution in [1.82, 2.24) is 0 Å². The molecule has 1 aromatic rings. The molecule has 0 aliphatic heterocycles. The van der Waals surface area contributed by atoms with Gasteiger partial charge in [0, 0.05) is 17.7 Å². The summed E-state index contributed by atoms with van der Waals surface area (Å²) in [4.78, 5) is 20.8. The van der Waals surface area contributed by atoms with E-state index in [1.54, 1.807) is 0 Å². The van der Waals surface area contributed by atoms with Crippen LogP contribution in [-0.2, 0) is 9.53 Å². The Labute approximate surface area is 112 Å². The van der Waals surface area contributed by atoms with Crippen LogP contribution < -0.4 is 5.73 Å². The molecule has 1 rings (SSSR count). The number of nitro groups is 1. The molecule has 0 saturated carbocycles. The number of aliphatic hydroxyl groups is 2. The Balaban J connectivity index is 3.09. The third kappa shape index (κ3) is 3.39. The number of halogens is 1. The van der Waals surface area contributed by atoms with Gasteiger partial charge in [0.05, 0.1) is 24.6 Å². The molecule has 0 aliphatic rings. The number of aliphatic hydroxyl groups excluding tert-OH is 2. The van der Waals surface area contributed by atoms with Crippen LogP contribution in [-0.4, -0.2) is 34.3 Å². The van der Waals surface area contributed by atoms with E-state index in [4.69, 9.17) is 5.73 Å². The third-order valence-electron chi connectivity index (χ3n) is 2.63. The summed E-state index contributed by atoms with van der Waals surface area (Å²) in [5, 5.41) is 30.0. The number of nitro benzene ring substituents is 1. The van der Waals surface area contributed by atoms with Crippen LogP contribution in [0.4, 0.5) is 15.8 Å². The molecule has 0 aromatic heterocycles. The Hall–Kier alpha value is -2.26. The van der Waals surface area contributed by atoms with Crippen LogP contribution in [0.15, 0.2) is 12.1 Å². The lowest BCUT2D eigenvalue weighted by molar-refractivity contribution is -0.384. The highest BCUT2D eigenvalue weighted by atomic mass is 19.1. The fourth-order valence-corrected chi connectivity index (χ4v) is 1.55. The summed E-state index contributed by atoms with van der Waals surface area (Å²) in [5.41, 5.74) is 3.73. The first-order valence-electron chi connectivity index (χ1n) is 5.44. The van der Waals surface area contributed by atoms with E-state index in [1.165, 1.54) is 0 Å². The minimum atomic E-state index is -1.83. The average Bonchev–Trinajstić information content (AvgIpc) is 2.37. The van der Waals surface area contributed by atoms with Gasteiger partial charge in [0.15, 0.2) is 0 Å². The number of esters is 1. The molecule has 110 valence electrons. The number of methoxy groups -OCH3 is 1. The first-order valence-corrected chi connectivity index (χ1v) is 5.44. The van der Waals surface area contributed by atoms with Gasteiger partial charge in [-0.25, -0.2) is 4.39 Å². The molecule has 0 spiro atoms. The van der Waals surface area contributed by atoms with Gasteiger partial charge >= 0.3 is 5.97 Å². The molecule has 1 aromatic carbocycles. The predicted molar refractivity (Wildman–Crippen MR) is 65.1 cm³/mol. The van der Waals surface area contributed by atoms with Crippen molar-refractivity contribution in [3.63, 3.8) is 0 Å². The molecule has 8 nitrogen and oxygen atoms in total. The molecule has 0 bridgehead atoms. The highest BCUT2D eigenvalue weighted by Crippen LogP contribution is 2.30. The maximum Gasteiger partial charge on any atom is 0.308 e. The summed E-state index contributed by atoms with van der Waals surface area (Å²) in [6.45, 7) is 0. The van der Waals surface area contributed by atoms with Crippen molar-refractivity contribution in [2.75, 3.05) is 12.8 Å². The van der Waals surface area contributed by atoms with Crippen LogP contribution in [0.2, 0.25) is 0 Å². The fourth-order valence-electron chi connectivity index (χ4n) is 1.55. The number of hydrogen-bond donors (Lipinski definition) is 3. The molecule has 4 N–H and O–H groups in total. The van der Waals surface area contributed by atoms with Crippen LogP contribution in [0.3, 0.4) is 0 Å². The number of rotatable bonds is 5. The van der Waals surface area contributed by atoms with E-state index in [0.717, 1.165) is 13.2 Å². The van der Waals surface area contributed by atoms with Gasteiger partial charge in [-0.3, -0.25) is 14.9 Å². The van der Waals surface area contributed by atoms with Gasteiger partial charge in [-0.15, -0.1) is 0 Å². The largest absolute Gasteiger partial charge is 0.469 e. The molecule has 9 heteroatoms. The van der Waals surface area contributed by atoms with Crippen molar-refractivity contribution >= 4 is 17.3 Å². The quantitative estimate of drug-likeness (QED) is 0.306. The molecule has 0 radical (unpaired) electrons. The van der Waals surface area contributed by atoms with Gasteiger partial charge in [-0.05, 0) is 0 Å². The number of nitrogens with two attached hydrogens (primary N) is 1. The number of nitrogen functional groups attached to an aromatic ring is 1. The van der Waals surface area contributed by atoms with Crippen LogP contribution in [0.5, 0.6) is 0 Å². The number of hydrogen-bond acceptors (Lipinski definition) is 7. The molecule has 0 heterocycles. The van der Waals surface area contributed by atoms with Crippen LogP contribution >= 0.6 is 0 Å². The van der Waals surface area contributed by atoms with Crippen molar-refractivity contribution < 1.29 is 29.1 Å². The van der Waals surface area contributed by atoms with Crippen molar-refractivity contribution in [1.29, 1.82) is 0 Å². The molecule has 0 saturated heterocycles. The molecule has 0 fully saturated rings. The van der Waals surface area contributed by atoms with Gasteiger partial charge in [-0.1, -0.05) is 0 Å². The monoisotopic (exact) mass is 288 g/mol. The standard InChI is InChI=1S/C11H13FN2O6/c1-20-10(16)4-9(15)11(17)5-2-8(14(18)19)7(13)3-6(5)12/h2-3,9,11,15,17H,4,13H2,1H3. The van der Waals surface area contributed by atoms with Gasteiger partial charge in [0.2, 0.25) is 0 Å². The zero-order chi connectivity index (χ0) is 15.4. The average molecular weight is 288 g/mol. The Morgan fingerprint density at radius 1 is 1.55 bits per heavy atom. The molecule has 2 unspecified atom stereocenters. The van der Waals surface area contributed by atoms with Gasteiger partial charge in [-0.2, -0.15) is 0 Å². The number of carbonyl (C=O) groups is 1. The molecule has 20 heavy (non-hydrogen) atoms. The van der Waals surface area contributed by atoms with Crippen molar-refractivity contribution in [3.8, 4) is 0 Å². The first-order chi connectivity index (χ1) is 9.27. The van der Waals surface area contributed by atoms with E-state index < -0.39 is 52.3 Å². The number of ether oxygens (including phenoxy) is 1. The topological polar surface area (TPSA) is 136 Å². The first kappa shape index (κ1) is 15.8. The molecule has 2 atom stereocenters. The van der Waals surface area contributed by atoms with Crippen LogP contribution in [0.1, 0.15) is 18.1 Å². The summed E-state index contributed by atoms with van der Waals surface area (Å²) in [6, 6.07) is 1.39. The summed E-state index contributed by atoms with van der Waals surface area (Å²) in [6.07, 6.45) is -4.08. The highest BCUT2D eigenvalue weighted by Gasteiger charge is 2.27. The summed E-state index contributed by atoms with van der Waals surface area (Å²) in [5.74, 6) is -1.84. The van der Waals surface area contributed by atoms with Gasteiger partial charge in [0.1, 0.15) is 17.6 Å². The van der Waals surface area contributed by atoms with Gasteiger partial charge in [0.25, 0.3) is 5.69 Å². The lowest BCUT2D eigenvalue weighted by atomic mass is 10.0. The predicted octanol–water partition coefficient (Wildman–Crippen LogP) is 0.273. The van der Waals surface area contributed by atoms with E-state index in [0.29, 0.717) is 6.07 Å². The summed E-state index contributed by atoms with van der Waals surface area (Å²) in [7, 11) is 1.08. The van der Waals surface area contributed by atoms with E-state index in [9.17, 15) is 29.5 Å². The van der Waals surface area contributed by atoms with E-state index in [-0.39, 0.29) is 0 Å². The molecular weight excluding hydrogens is 275 g/mol. The Bertz CT molecular complexity index is 536. The number of benzene rings is 1. The minimum absolute atomic E-state index is 0.411. The maximum atomic E-state index is 13.6. The molecule has 0 amide bonds. The second kappa shape index (κ2) is 6.26. The number of carbonyl (C=O) groups excluding carboxylic acids is 1. The second-order valence-electron chi connectivity index (χ2n) is 3.98. The summed E-state index contributed by atoms with van der Waals surface area (Å²) < 4.78 is 17.9. The lowest BCUT2D eigenvalue weighted by Crippen LogP contribution is -2.23. The minimum Gasteiger partial charge on any atom is -0.469 e. The van der Waals surface area contributed by atoms with Crippen molar-refractivity contribution in [2.45, 2.75) is 18.6 Å². The van der Waals surface area contributed by atoms with E-state index >= 15 is 0 Å². The smallest absolute Gasteiger partial charge is 0.308 e. The Morgan fingerprint density at radius 2 is 2.15 bits per heavy atom. The normalized spacial score (nSPS) is 13.6. The lowest BCUT2D eigenvalue weighted by Gasteiger charge is -2.17. The number of nitrogens with zero attached hydrogens (tertiary/aromatic N) is 1. The van der Waals surface area contributed by atoms with Crippen LogP contribution in [0.25, 0.3) is 0 Å². The third-order valence-corrected chi connectivity index (χ3v) is 2.63. The zero-order valence-electron chi connectivity index (χ0n) is 10.4. The van der Waals surface area contributed by atoms with E-state index in [2.05, 4.69) is 4.74 Å². The van der Waals surface area contributed by atoms with Gasteiger partial charge < -0.3 is 20.7 Å². The van der Waals surface area contributed by atoms with Crippen molar-refractivity contribution in [2.24, 2.45) is 0 Å².